The summed E-state index contributed by atoms with van der Waals surface area (Å²) in [5.41, 5.74) is -0.0162. The third kappa shape index (κ3) is 3.26. The lowest BCUT2D eigenvalue weighted by Gasteiger charge is -2.04. The Labute approximate surface area is 65.9 Å². The molecule has 0 heterocycles. The van der Waals surface area contributed by atoms with Crippen molar-refractivity contribution in [3.05, 3.63) is 23.3 Å². The van der Waals surface area contributed by atoms with Crippen LogP contribution in [0.4, 0.5) is 0 Å². The topological polar surface area (TPSA) is 33.9 Å². The maximum atomic E-state index is 10.7. The van der Waals surface area contributed by atoms with Gasteiger partial charge in [0.05, 0.1) is 13.7 Å². The van der Waals surface area contributed by atoms with Gasteiger partial charge >= 0.3 is 5.97 Å². The van der Waals surface area contributed by atoms with Crippen molar-refractivity contribution >= 4 is 5.97 Å². The molecule has 60 valence electrons. The van der Waals surface area contributed by atoms with Gasteiger partial charge in [0.15, 0.2) is 0 Å². The molecule has 0 fully saturated rings. The van der Waals surface area contributed by atoms with Crippen LogP contribution in [0.1, 0.15) is 0 Å². The van der Waals surface area contributed by atoms with Crippen LogP contribution in [0.3, 0.4) is 0 Å². The summed E-state index contributed by atoms with van der Waals surface area (Å²) in [4.78, 5) is 15.4. The Hall–Kier alpha value is -1.50. The van der Waals surface area contributed by atoms with Crippen LogP contribution in [0.2, 0.25) is 0 Å². The number of carbonyl (C=O) groups excluding carboxylic acids is 1. The minimum Gasteiger partial charge on any atom is -0.474 e. The lowest BCUT2D eigenvalue weighted by Crippen LogP contribution is -2.08. The molecule has 0 aliphatic carbocycles. The fourth-order valence-electron chi connectivity index (χ4n) is 0.476. The van der Waals surface area contributed by atoms with Crippen molar-refractivity contribution in [2.75, 3.05) is 21.2 Å². The van der Waals surface area contributed by atoms with Gasteiger partial charge in [-0.2, -0.15) is 0 Å². The van der Waals surface area contributed by atoms with Crippen molar-refractivity contribution < 1.29 is 9.53 Å². The molecule has 0 saturated heterocycles. The minimum atomic E-state index is -0.603. The first-order valence-electron chi connectivity index (χ1n) is 2.96. The van der Waals surface area contributed by atoms with Gasteiger partial charge in [0.25, 0.3) is 5.70 Å². The van der Waals surface area contributed by atoms with Gasteiger partial charge in [-0.25, -0.2) is 4.85 Å². The van der Waals surface area contributed by atoms with Crippen LogP contribution in [0, 0.1) is 6.57 Å². The summed E-state index contributed by atoms with van der Waals surface area (Å²) in [6.45, 7) is 6.62. The second-order valence-electron chi connectivity index (χ2n) is 2.08. The first-order valence-corrected chi connectivity index (χ1v) is 2.96. The quantitative estimate of drug-likeness (QED) is 0.329. The summed E-state index contributed by atoms with van der Waals surface area (Å²) in [6.07, 6.45) is 1.42. The highest BCUT2D eigenvalue weighted by Gasteiger charge is 2.08. The fourth-order valence-corrected chi connectivity index (χ4v) is 0.476. The van der Waals surface area contributed by atoms with Gasteiger partial charge in [0.2, 0.25) is 0 Å². The van der Waals surface area contributed by atoms with Gasteiger partial charge < -0.3 is 9.64 Å². The molecule has 0 saturated carbocycles. The molecular weight excluding hydrogens is 144 g/mol. The van der Waals surface area contributed by atoms with E-state index in [-0.39, 0.29) is 5.70 Å². The molecule has 0 aromatic rings. The standard InChI is InChI=1S/C7H10N2O2/c1-8-6(5-9(2)3)7(10)11-4/h5H,2-4H3/b6-5+. The van der Waals surface area contributed by atoms with Gasteiger partial charge in [-0.1, -0.05) is 0 Å². The predicted molar refractivity (Wildman–Crippen MR) is 40.4 cm³/mol. The van der Waals surface area contributed by atoms with E-state index >= 15 is 0 Å². The first kappa shape index (κ1) is 9.50. The third-order valence-corrected chi connectivity index (χ3v) is 0.895. The van der Waals surface area contributed by atoms with Crippen molar-refractivity contribution in [2.24, 2.45) is 0 Å². The van der Waals surface area contributed by atoms with Crippen LogP contribution in [0.5, 0.6) is 0 Å². The van der Waals surface area contributed by atoms with Crippen molar-refractivity contribution in [3.63, 3.8) is 0 Å². The fraction of sp³-hybridized carbons (Fsp3) is 0.429. The van der Waals surface area contributed by atoms with E-state index in [1.807, 2.05) is 0 Å². The number of hydrogen-bond acceptors (Lipinski definition) is 3. The average Bonchev–Trinajstić information content (AvgIpc) is 1.98. The number of nitrogens with zero attached hydrogens (tertiary/aromatic N) is 2. The van der Waals surface area contributed by atoms with Gasteiger partial charge in [-0.3, -0.25) is 4.79 Å². The average molecular weight is 154 g/mol. The normalized spacial score (nSPS) is 10.2. The lowest BCUT2D eigenvalue weighted by molar-refractivity contribution is -0.135. The SMILES string of the molecule is [C-]#[N+]/C(=C/N(C)C)C(=O)OC. The van der Waals surface area contributed by atoms with Gasteiger partial charge in [-0.15, -0.1) is 0 Å². The Bertz CT molecular complexity index is 213. The Kier molecular flexibility index (Phi) is 3.75. The van der Waals surface area contributed by atoms with E-state index in [9.17, 15) is 4.79 Å². The first-order chi connectivity index (χ1) is 5.11. The Morgan fingerprint density at radius 2 is 2.18 bits per heavy atom. The molecule has 0 N–H and O–H groups in total. The second-order valence-corrected chi connectivity index (χ2v) is 2.08. The van der Waals surface area contributed by atoms with Gasteiger partial charge in [0.1, 0.15) is 0 Å². The zero-order valence-electron chi connectivity index (χ0n) is 6.79. The highest BCUT2D eigenvalue weighted by atomic mass is 16.5. The van der Waals surface area contributed by atoms with E-state index in [0.29, 0.717) is 0 Å². The molecule has 11 heavy (non-hydrogen) atoms. The molecule has 0 aliphatic heterocycles. The molecule has 4 heteroatoms. The summed E-state index contributed by atoms with van der Waals surface area (Å²) in [6, 6.07) is 0. The number of rotatable bonds is 2. The molecule has 0 atom stereocenters. The number of ether oxygens (including phenoxy) is 1. The Balaban J connectivity index is 4.43. The molecule has 0 aromatic carbocycles. The largest absolute Gasteiger partial charge is 0.474 e. The molecule has 0 bridgehead atoms. The number of methoxy groups -OCH3 is 1. The molecule has 4 nitrogen and oxygen atoms in total. The summed E-state index contributed by atoms with van der Waals surface area (Å²) >= 11 is 0. The van der Waals surface area contributed by atoms with E-state index in [4.69, 9.17) is 6.57 Å². The molecule has 0 rings (SSSR count). The smallest absolute Gasteiger partial charge is 0.337 e. The zero-order valence-corrected chi connectivity index (χ0v) is 6.79. The Morgan fingerprint density at radius 1 is 1.64 bits per heavy atom. The maximum Gasteiger partial charge on any atom is 0.337 e. The maximum absolute atomic E-state index is 10.7. The summed E-state index contributed by atoms with van der Waals surface area (Å²) in [5, 5.41) is 0. The van der Waals surface area contributed by atoms with Crippen molar-refractivity contribution in [1.82, 2.24) is 4.90 Å². The van der Waals surface area contributed by atoms with Crippen molar-refractivity contribution in [2.45, 2.75) is 0 Å². The molecule has 0 unspecified atom stereocenters. The highest BCUT2D eigenvalue weighted by Crippen LogP contribution is 1.99. The summed E-state index contributed by atoms with van der Waals surface area (Å²) in [5.74, 6) is -0.603. The van der Waals surface area contributed by atoms with Gasteiger partial charge in [-0.05, 0) is 0 Å². The van der Waals surface area contributed by atoms with E-state index < -0.39 is 5.97 Å². The van der Waals surface area contributed by atoms with Crippen LogP contribution in [-0.4, -0.2) is 32.1 Å². The molecule has 0 amide bonds. The highest BCUT2D eigenvalue weighted by molar-refractivity contribution is 5.90. The summed E-state index contributed by atoms with van der Waals surface area (Å²) in [7, 11) is 4.71. The molecule has 0 aliphatic rings. The molecule has 0 radical (unpaired) electrons. The Morgan fingerprint density at radius 3 is 2.45 bits per heavy atom. The van der Waals surface area contributed by atoms with Crippen LogP contribution in [-0.2, 0) is 9.53 Å². The zero-order chi connectivity index (χ0) is 8.85. The number of esters is 1. The van der Waals surface area contributed by atoms with Crippen molar-refractivity contribution in [3.8, 4) is 0 Å². The number of hydrogen-bond donors (Lipinski definition) is 0. The van der Waals surface area contributed by atoms with E-state index in [2.05, 4.69) is 9.58 Å². The second kappa shape index (κ2) is 4.34. The van der Waals surface area contributed by atoms with Crippen LogP contribution >= 0.6 is 0 Å². The predicted octanol–water partition coefficient (Wildman–Crippen LogP) is 0.482. The molecule has 0 aromatic heterocycles. The van der Waals surface area contributed by atoms with Crippen LogP contribution in [0.15, 0.2) is 11.9 Å². The van der Waals surface area contributed by atoms with Crippen LogP contribution < -0.4 is 0 Å². The summed E-state index contributed by atoms with van der Waals surface area (Å²) < 4.78 is 4.36. The molecule has 0 spiro atoms. The van der Waals surface area contributed by atoms with Gasteiger partial charge in [0, 0.05) is 20.3 Å². The molecular formula is C7H10N2O2. The van der Waals surface area contributed by atoms with Crippen molar-refractivity contribution in [1.29, 1.82) is 0 Å². The van der Waals surface area contributed by atoms with Crippen LogP contribution in [0.25, 0.3) is 4.85 Å². The number of carbonyl (C=O) groups is 1. The van der Waals surface area contributed by atoms with E-state index in [0.717, 1.165) is 0 Å². The van der Waals surface area contributed by atoms with E-state index in [1.54, 1.807) is 19.0 Å². The minimum absolute atomic E-state index is 0.0162. The lowest BCUT2D eigenvalue weighted by atomic mass is 10.5. The third-order valence-electron chi connectivity index (χ3n) is 0.895. The van der Waals surface area contributed by atoms with E-state index in [1.165, 1.54) is 13.3 Å². The monoisotopic (exact) mass is 154 g/mol.